The summed E-state index contributed by atoms with van der Waals surface area (Å²) in [5, 5.41) is 6.73. The first-order valence-electron chi connectivity index (χ1n) is 9.70. The fraction of sp³-hybridized carbons (Fsp3) is 0.227. The van der Waals surface area contributed by atoms with E-state index in [0.717, 1.165) is 17.1 Å². The van der Waals surface area contributed by atoms with Gasteiger partial charge >= 0.3 is 0 Å². The maximum atomic E-state index is 13.1. The predicted molar refractivity (Wildman–Crippen MR) is 117 cm³/mol. The molecular formula is C22H22FN5OS. The molecule has 4 rings (SSSR count). The molecule has 8 heteroatoms. The highest BCUT2D eigenvalue weighted by molar-refractivity contribution is 7.80. The lowest BCUT2D eigenvalue weighted by atomic mass is 10.0. The maximum Gasteiger partial charge on any atom is 0.226 e. The number of halogens is 1. The van der Waals surface area contributed by atoms with Crippen LogP contribution in [0.1, 0.15) is 35.6 Å². The SMILES string of the molecule is Cc1ccc([C@@H]2[C@H](c3ccccn3)NC(=S)N2CCC(=O)Nc2ccc(F)cc2)[nH]1. The summed E-state index contributed by atoms with van der Waals surface area (Å²) in [4.78, 5) is 22.4. The van der Waals surface area contributed by atoms with Gasteiger partial charge in [0, 0.05) is 36.2 Å². The lowest BCUT2D eigenvalue weighted by Gasteiger charge is -2.26. The molecule has 0 radical (unpaired) electrons. The molecule has 0 bridgehead atoms. The Morgan fingerprint density at radius 1 is 1.20 bits per heavy atom. The average Bonchev–Trinajstić information content (AvgIpc) is 3.31. The number of nitrogens with zero attached hydrogens (tertiary/aromatic N) is 2. The Morgan fingerprint density at radius 2 is 2.00 bits per heavy atom. The second-order valence-corrected chi connectivity index (χ2v) is 7.61. The van der Waals surface area contributed by atoms with E-state index in [4.69, 9.17) is 12.2 Å². The highest BCUT2D eigenvalue weighted by Gasteiger charge is 2.40. The van der Waals surface area contributed by atoms with Gasteiger partial charge in [0.15, 0.2) is 5.11 Å². The van der Waals surface area contributed by atoms with E-state index < -0.39 is 0 Å². The van der Waals surface area contributed by atoms with Crippen LogP contribution < -0.4 is 10.6 Å². The molecule has 1 aliphatic rings. The Bertz CT molecular complexity index is 1040. The Morgan fingerprint density at radius 3 is 2.67 bits per heavy atom. The van der Waals surface area contributed by atoms with Gasteiger partial charge in [0.25, 0.3) is 0 Å². The number of H-pyrrole nitrogens is 1. The van der Waals surface area contributed by atoms with Crippen molar-refractivity contribution >= 4 is 28.9 Å². The highest BCUT2D eigenvalue weighted by Crippen LogP contribution is 2.38. The van der Waals surface area contributed by atoms with E-state index in [-0.39, 0.29) is 30.2 Å². The zero-order valence-electron chi connectivity index (χ0n) is 16.4. The fourth-order valence-electron chi connectivity index (χ4n) is 3.66. The van der Waals surface area contributed by atoms with Gasteiger partial charge in [-0.2, -0.15) is 0 Å². The van der Waals surface area contributed by atoms with Crippen molar-refractivity contribution < 1.29 is 9.18 Å². The molecule has 1 saturated heterocycles. The van der Waals surface area contributed by atoms with Crippen molar-refractivity contribution in [2.75, 3.05) is 11.9 Å². The monoisotopic (exact) mass is 423 g/mol. The molecule has 3 heterocycles. The number of aryl methyl sites for hydroxylation is 1. The molecule has 0 saturated carbocycles. The first-order valence-corrected chi connectivity index (χ1v) is 10.1. The normalized spacial score (nSPS) is 18.3. The van der Waals surface area contributed by atoms with Crippen molar-refractivity contribution in [3.8, 4) is 0 Å². The molecule has 2 aromatic heterocycles. The number of amides is 1. The number of hydrogen-bond donors (Lipinski definition) is 3. The number of pyridine rings is 1. The van der Waals surface area contributed by atoms with E-state index in [2.05, 4.69) is 20.6 Å². The molecule has 1 aromatic carbocycles. The molecule has 30 heavy (non-hydrogen) atoms. The van der Waals surface area contributed by atoms with Crippen LogP contribution in [0.4, 0.5) is 10.1 Å². The molecule has 3 aromatic rings. The Hall–Kier alpha value is -3.26. The minimum Gasteiger partial charge on any atom is -0.361 e. The van der Waals surface area contributed by atoms with E-state index in [0.29, 0.717) is 17.3 Å². The van der Waals surface area contributed by atoms with Crippen LogP contribution in [-0.4, -0.2) is 32.4 Å². The second kappa shape index (κ2) is 8.62. The van der Waals surface area contributed by atoms with Crippen molar-refractivity contribution in [1.82, 2.24) is 20.2 Å². The number of aromatic amines is 1. The third kappa shape index (κ3) is 4.33. The first kappa shape index (κ1) is 20.0. The molecule has 1 aliphatic heterocycles. The fourth-order valence-corrected chi connectivity index (χ4v) is 3.99. The van der Waals surface area contributed by atoms with E-state index in [1.54, 1.807) is 6.20 Å². The van der Waals surface area contributed by atoms with Gasteiger partial charge in [-0.05, 0) is 67.7 Å². The van der Waals surface area contributed by atoms with Crippen molar-refractivity contribution in [2.24, 2.45) is 0 Å². The zero-order valence-corrected chi connectivity index (χ0v) is 17.2. The largest absolute Gasteiger partial charge is 0.361 e. The lowest BCUT2D eigenvalue weighted by molar-refractivity contribution is -0.116. The number of anilines is 1. The molecule has 0 unspecified atom stereocenters. The van der Waals surface area contributed by atoms with Crippen LogP contribution in [-0.2, 0) is 4.79 Å². The molecule has 6 nitrogen and oxygen atoms in total. The Labute approximate surface area is 179 Å². The molecule has 0 spiro atoms. The minimum absolute atomic E-state index is 0.111. The standard InChI is InChI=1S/C22H22FN5OS/c1-14-5-10-18(25-14)21-20(17-4-2-3-12-24-17)27-22(30)28(21)13-11-19(29)26-16-8-6-15(23)7-9-16/h2-10,12,20-21,25H,11,13H2,1H3,(H,26,29)(H,27,30)/t20-,21+/m0/s1. The number of thiocarbonyl (C=S) groups is 1. The molecule has 3 N–H and O–H groups in total. The molecule has 154 valence electrons. The summed E-state index contributed by atoms with van der Waals surface area (Å²) in [5.74, 6) is -0.502. The number of hydrogen-bond acceptors (Lipinski definition) is 3. The van der Waals surface area contributed by atoms with Gasteiger partial charge in [0.1, 0.15) is 5.82 Å². The van der Waals surface area contributed by atoms with E-state index in [1.165, 1.54) is 24.3 Å². The second-order valence-electron chi connectivity index (χ2n) is 7.22. The summed E-state index contributed by atoms with van der Waals surface area (Å²) in [6.45, 7) is 2.44. The number of aromatic nitrogens is 2. The summed E-state index contributed by atoms with van der Waals surface area (Å²) in [5.41, 5.74) is 3.51. The van der Waals surface area contributed by atoms with Crippen LogP contribution in [0, 0.1) is 12.7 Å². The van der Waals surface area contributed by atoms with Crippen molar-refractivity contribution in [3.05, 3.63) is 83.7 Å². The summed E-state index contributed by atoms with van der Waals surface area (Å²) in [6.07, 6.45) is 2.00. The van der Waals surface area contributed by atoms with Crippen molar-refractivity contribution in [3.63, 3.8) is 0 Å². The van der Waals surface area contributed by atoms with Gasteiger partial charge in [-0.15, -0.1) is 0 Å². The summed E-state index contributed by atoms with van der Waals surface area (Å²) in [7, 11) is 0. The number of rotatable bonds is 6. The Balaban J connectivity index is 1.51. The minimum atomic E-state index is -0.342. The number of carbonyl (C=O) groups is 1. The molecule has 1 fully saturated rings. The van der Waals surface area contributed by atoms with Gasteiger partial charge in [-0.3, -0.25) is 9.78 Å². The third-order valence-electron chi connectivity index (χ3n) is 5.08. The van der Waals surface area contributed by atoms with Gasteiger partial charge in [-0.25, -0.2) is 4.39 Å². The molecular weight excluding hydrogens is 401 g/mol. The highest BCUT2D eigenvalue weighted by atomic mass is 32.1. The van der Waals surface area contributed by atoms with Gasteiger partial charge < -0.3 is 20.5 Å². The van der Waals surface area contributed by atoms with E-state index in [9.17, 15) is 9.18 Å². The topological polar surface area (TPSA) is 73.1 Å². The van der Waals surface area contributed by atoms with Gasteiger partial charge in [-0.1, -0.05) is 6.07 Å². The number of benzene rings is 1. The van der Waals surface area contributed by atoms with E-state index >= 15 is 0 Å². The molecule has 0 aliphatic carbocycles. The van der Waals surface area contributed by atoms with Crippen molar-refractivity contribution in [1.29, 1.82) is 0 Å². The zero-order chi connectivity index (χ0) is 21.1. The van der Waals surface area contributed by atoms with Crippen molar-refractivity contribution in [2.45, 2.75) is 25.4 Å². The summed E-state index contributed by atoms with van der Waals surface area (Å²) < 4.78 is 13.1. The van der Waals surface area contributed by atoms with Gasteiger partial charge in [0.2, 0.25) is 5.91 Å². The van der Waals surface area contributed by atoms with Crippen LogP contribution in [0.25, 0.3) is 0 Å². The smallest absolute Gasteiger partial charge is 0.226 e. The van der Waals surface area contributed by atoms with Crippen LogP contribution in [0.15, 0.2) is 60.8 Å². The molecule has 2 atom stereocenters. The quantitative estimate of drug-likeness (QED) is 0.525. The average molecular weight is 424 g/mol. The summed E-state index contributed by atoms with van der Waals surface area (Å²) in [6, 6.07) is 15.3. The van der Waals surface area contributed by atoms with Crippen LogP contribution in [0.2, 0.25) is 0 Å². The maximum absolute atomic E-state index is 13.1. The third-order valence-corrected chi connectivity index (χ3v) is 5.43. The molecule has 1 amide bonds. The predicted octanol–water partition coefficient (Wildman–Crippen LogP) is 3.86. The number of nitrogens with one attached hydrogen (secondary N) is 3. The van der Waals surface area contributed by atoms with Gasteiger partial charge in [0.05, 0.1) is 17.8 Å². The summed E-state index contributed by atoms with van der Waals surface area (Å²) >= 11 is 5.60. The van der Waals surface area contributed by atoms with Crippen LogP contribution in [0.5, 0.6) is 0 Å². The van der Waals surface area contributed by atoms with E-state index in [1.807, 2.05) is 42.2 Å². The Kier molecular flexibility index (Phi) is 5.76. The van der Waals surface area contributed by atoms with Crippen LogP contribution in [0.3, 0.4) is 0 Å². The lowest BCUT2D eigenvalue weighted by Crippen LogP contribution is -2.32. The first-order chi connectivity index (χ1) is 14.5. The number of carbonyl (C=O) groups excluding carboxylic acids is 1. The van der Waals surface area contributed by atoms with Crippen LogP contribution >= 0.6 is 12.2 Å².